The number of fused-ring (bicyclic) bond motifs is 3. The monoisotopic (exact) mass is 490 g/mol. The summed E-state index contributed by atoms with van der Waals surface area (Å²) in [5.74, 6) is 1.33. The van der Waals surface area contributed by atoms with E-state index in [9.17, 15) is 9.59 Å². The van der Waals surface area contributed by atoms with Gasteiger partial charge < -0.3 is 24.3 Å². The summed E-state index contributed by atoms with van der Waals surface area (Å²) in [6.07, 6.45) is 6.06. The Hall–Kier alpha value is -3.55. The molecule has 1 N–H and O–H groups in total. The van der Waals surface area contributed by atoms with Crippen LogP contribution < -0.4 is 14.8 Å². The maximum Gasteiger partial charge on any atom is 0.271 e. The topological polar surface area (TPSA) is 85.7 Å². The summed E-state index contributed by atoms with van der Waals surface area (Å²) in [4.78, 5) is 34.2. The molecule has 8 nitrogen and oxygen atoms in total. The van der Waals surface area contributed by atoms with Gasteiger partial charge in [-0.3, -0.25) is 14.6 Å². The summed E-state index contributed by atoms with van der Waals surface area (Å²) in [6, 6.07) is 11.2. The molecule has 0 spiro atoms. The number of ether oxygens (including phenoxy) is 2. The van der Waals surface area contributed by atoms with E-state index < -0.39 is 5.54 Å². The van der Waals surface area contributed by atoms with Crippen LogP contribution in [0.1, 0.15) is 55.7 Å². The van der Waals surface area contributed by atoms with Gasteiger partial charge in [0, 0.05) is 17.6 Å². The quantitative estimate of drug-likeness (QED) is 0.561. The van der Waals surface area contributed by atoms with Crippen molar-refractivity contribution in [3.63, 3.8) is 0 Å². The van der Waals surface area contributed by atoms with Crippen LogP contribution in [0.2, 0.25) is 0 Å². The molecule has 2 aliphatic rings. The van der Waals surface area contributed by atoms with Crippen LogP contribution in [0.25, 0.3) is 10.9 Å². The lowest BCUT2D eigenvalue weighted by atomic mass is 9.85. The highest BCUT2D eigenvalue weighted by Gasteiger charge is 2.49. The summed E-state index contributed by atoms with van der Waals surface area (Å²) in [7, 11) is 3.21. The van der Waals surface area contributed by atoms with Crippen LogP contribution in [-0.2, 0) is 17.9 Å². The highest BCUT2D eigenvalue weighted by atomic mass is 16.5. The Kier molecular flexibility index (Phi) is 6.36. The second kappa shape index (κ2) is 9.48. The standard InChI is InChI=1S/C28H34N4O4/c1-18-9-5-6-11-21(18)30-27(34)28(2)17-31-22(26(33)32(28)16-19-10-7-8-14-29-19)15-20-23(35-3)12-13-24(36-4)25(20)31/h7-8,10,12-15,18,21H,5-6,9,11,16-17H2,1-4H3,(H,30,34)/t18-,21+,28+/m0/s1. The van der Waals surface area contributed by atoms with Crippen LogP contribution in [0.4, 0.5) is 0 Å². The fourth-order valence-electron chi connectivity index (χ4n) is 5.71. The minimum absolute atomic E-state index is 0.104. The maximum atomic E-state index is 14.1. The van der Waals surface area contributed by atoms with Gasteiger partial charge in [0.1, 0.15) is 22.7 Å². The lowest BCUT2D eigenvalue weighted by molar-refractivity contribution is -0.134. The summed E-state index contributed by atoms with van der Waals surface area (Å²) in [6.45, 7) is 4.58. The van der Waals surface area contributed by atoms with Crippen LogP contribution in [0.15, 0.2) is 42.6 Å². The molecule has 1 aliphatic heterocycles. The molecule has 0 saturated heterocycles. The van der Waals surface area contributed by atoms with Gasteiger partial charge in [-0.2, -0.15) is 0 Å². The molecule has 0 radical (unpaired) electrons. The lowest BCUT2D eigenvalue weighted by Crippen LogP contribution is -2.65. The lowest BCUT2D eigenvalue weighted by Gasteiger charge is -2.45. The number of nitrogens with zero attached hydrogens (tertiary/aromatic N) is 3. The van der Waals surface area contributed by atoms with Crippen molar-refractivity contribution in [2.24, 2.45) is 5.92 Å². The van der Waals surface area contributed by atoms with E-state index in [2.05, 4.69) is 17.2 Å². The average molecular weight is 491 g/mol. The Bertz CT molecular complexity index is 1290. The maximum absolute atomic E-state index is 14.1. The van der Waals surface area contributed by atoms with Crippen molar-refractivity contribution in [1.82, 2.24) is 19.8 Å². The average Bonchev–Trinajstić information content (AvgIpc) is 3.27. The van der Waals surface area contributed by atoms with Crippen LogP contribution >= 0.6 is 0 Å². The third-order valence-electron chi connectivity index (χ3n) is 7.91. The Labute approximate surface area is 211 Å². The van der Waals surface area contributed by atoms with Crippen LogP contribution in [0.3, 0.4) is 0 Å². The van der Waals surface area contributed by atoms with Crippen molar-refractivity contribution in [3.8, 4) is 11.5 Å². The van der Waals surface area contributed by atoms with E-state index in [0.717, 1.165) is 35.9 Å². The summed E-state index contributed by atoms with van der Waals surface area (Å²) < 4.78 is 13.2. The summed E-state index contributed by atoms with van der Waals surface area (Å²) in [5.41, 5.74) is 0.858. The Balaban J connectivity index is 1.62. The molecule has 1 aliphatic carbocycles. The third kappa shape index (κ3) is 3.98. The molecule has 0 unspecified atom stereocenters. The van der Waals surface area contributed by atoms with Gasteiger partial charge in [0.25, 0.3) is 5.91 Å². The first kappa shape index (κ1) is 24.2. The number of methoxy groups -OCH3 is 2. The number of nitrogens with one attached hydrogen (secondary N) is 1. The van der Waals surface area contributed by atoms with Gasteiger partial charge in [0.05, 0.1) is 38.5 Å². The minimum Gasteiger partial charge on any atom is -0.496 e. The molecule has 190 valence electrons. The zero-order valence-corrected chi connectivity index (χ0v) is 21.4. The summed E-state index contributed by atoms with van der Waals surface area (Å²) >= 11 is 0. The first-order valence-corrected chi connectivity index (χ1v) is 12.6. The second-order valence-electron chi connectivity index (χ2n) is 10.2. The molecular formula is C28H34N4O4. The SMILES string of the molecule is COc1ccc(OC)c2c1cc1n2C[C@](C)(C(=O)N[C@@H]2CCCC[C@@H]2C)N(Cc2ccccn2)C1=O. The van der Waals surface area contributed by atoms with Crippen LogP contribution in [0, 0.1) is 5.92 Å². The number of benzene rings is 1. The Morgan fingerprint density at radius 3 is 2.58 bits per heavy atom. The van der Waals surface area contributed by atoms with Gasteiger partial charge in [-0.1, -0.05) is 25.8 Å². The number of carbonyl (C=O) groups excluding carboxylic acids is 2. The predicted molar refractivity (Wildman–Crippen MR) is 137 cm³/mol. The van der Waals surface area contributed by atoms with E-state index in [1.807, 2.05) is 47.9 Å². The molecule has 3 aromatic rings. The van der Waals surface area contributed by atoms with Gasteiger partial charge >= 0.3 is 0 Å². The number of carbonyl (C=O) groups is 2. The number of rotatable bonds is 6. The van der Waals surface area contributed by atoms with Crippen molar-refractivity contribution in [2.45, 2.75) is 64.2 Å². The van der Waals surface area contributed by atoms with Crippen molar-refractivity contribution in [1.29, 1.82) is 0 Å². The van der Waals surface area contributed by atoms with E-state index in [-0.39, 0.29) is 24.4 Å². The van der Waals surface area contributed by atoms with Gasteiger partial charge in [0.15, 0.2) is 0 Å². The highest BCUT2D eigenvalue weighted by molar-refractivity contribution is 6.05. The van der Waals surface area contributed by atoms with Crippen molar-refractivity contribution < 1.29 is 19.1 Å². The van der Waals surface area contributed by atoms with Gasteiger partial charge in [-0.15, -0.1) is 0 Å². The first-order chi connectivity index (χ1) is 17.4. The van der Waals surface area contributed by atoms with Crippen molar-refractivity contribution in [3.05, 3.63) is 54.0 Å². The van der Waals surface area contributed by atoms with E-state index in [4.69, 9.17) is 9.47 Å². The molecule has 3 heterocycles. The second-order valence-corrected chi connectivity index (χ2v) is 10.2. The van der Waals surface area contributed by atoms with Gasteiger partial charge in [0.2, 0.25) is 5.91 Å². The highest BCUT2D eigenvalue weighted by Crippen LogP contribution is 2.40. The molecule has 3 atom stereocenters. The first-order valence-electron chi connectivity index (χ1n) is 12.6. The molecule has 2 aromatic heterocycles. The molecule has 0 bridgehead atoms. The fourth-order valence-corrected chi connectivity index (χ4v) is 5.71. The predicted octanol–water partition coefficient (Wildman–Crippen LogP) is 4.16. The number of hydrogen-bond acceptors (Lipinski definition) is 5. The fraction of sp³-hybridized carbons (Fsp3) is 0.464. The van der Waals surface area contributed by atoms with Crippen molar-refractivity contribution in [2.75, 3.05) is 14.2 Å². The number of amides is 2. The molecule has 5 rings (SSSR count). The Morgan fingerprint density at radius 1 is 1.14 bits per heavy atom. The Morgan fingerprint density at radius 2 is 1.89 bits per heavy atom. The zero-order chi connectivity index (χ0) is 25.4. The van der Waals surface area contributed by atoms with E-state index in [1.54, 1.807) is 25.3 Å². The van der Waals surface area contributed by atoms with Gasteiger partial charge in [-0.05, 0) is 56.0 Å². The van der Waals surface area contributed by atoms with E-state index >= 15 is 0 Å². The van der Waals surface area contributed by atoms with E-state index in [0.29, 0.717) is 29.7 Å². The molecule has 2 amide bonds. The van der Waals surface area contributed by atoms with E-state index in [1.165, 1.54) is 6.42 Å². The molecule has 36 heavy (non-hydrogen) atoms. The molecule has 1 fully saturated rings. The molecule has 1 saturated carbocycles. The van der Waals surface area contributed by atoms with Crippen LogP contribution in [-0.4, -0.2) is 52.1 Å². The normalized spacial score (nSPS) is 23.9. The smallest absolute Gasteiger partial charge is 0.271 e. The summed E-state index contributed by atoms with van der Waals surface area (Å²) in [5, 5.41) is 4.10. The number of pyridine rings is 1. The van der Waals surface area contributed by atoms with Crippen molar-refractivity contribution >= 4 is 22.7 Å². The van der Waals surface area contributed by atoms with Gasteiger partial charge in [-0.25, -0.2) is 0 Å². The number of aromatic nitrogens is 2. The number of hydrogen-bond donors (Lipinski definition) is 1. The molecule has 8 heteroatoms. The van der Waals surface area contributed by atoms with Crippen LogP contribution in [0.5, 0.6) is 11.5 Å². The largest absolute Gasteiger partial charge is 0.496 e. The molecule has 1 aromatic carbocycles. The minimum atomic E-state index is -1.13. The third-order valence-corrected chi connectivity index (χ3v) is 7.91. The zero-order valence-electron chi connectivity index (χ0n) is 21.4. The molecular weight excluding hydrogens is 456 g/mol.